The van der Waals surface area contributed by atoms with Gasteiger partial charge in [0.25, 0.3) is 0 Å². The minimum absolute atomic E-state index is 0. The summed E-state index contributed by atoms with van der Waals surface area (Å²) in [5, 5.41) is 6.78. The van der Waals surface area contributed by atoms with Crippen molar-refractivity contribution in [3.63, 3.8) is 0 Å². The first-order valence-corrected chi connectivity index (χ1v) is 11.6. The molecule has 2 rings (SSSR count). The molecule has 0 aromatic carbocycles. The van der Waals surface area contributed by atoms with Crippen LogP contribution in [-0.2, 0) is 9.84 Å². The van der Waals surface area contributed by atoms with Gasteiger partial charge >= 0.3 is 0 Å². The van der Waals surface area contributed by atoms with E-state index in [9.17, 15) is 8.42 Å². The van der Waals surface area contributed by atoms with Gasteiger partial charge in [-0.25, -0.2) is 8.42 Å². The molecule has 2 saturated heterocycles. The molecule has 2 fully saturated rings. The molecule has 2 heterocycles. The smallest absolute Gasteiger partial charge is 0.191 e. The van der Waals surface area contributed by atoms with Gasteiger partial charge in [-0.15, -0.1) is 24.0 Å². The van der Waals surface area contributed by atoms with Crippen LogP contribution in [0.1, 0.15) is 46.0 Å². The Balaban J connectivity index is 0.00000338. The van der Waals surface area contributed by atoms with Gasteiger partial charge in [0, 0.05) is 26.2 Å². The fourth-order valence-corrected chi connectivity index (χ4v) is 5.77. The lowest BCUT2D eigenvalue weighted by molar-refractivity contribution is 0.161. The van der Waals surface area contributed by atoms with E-state index in [-0.39, 0.29) is 29.9 Å². The number of aliphatic imine (C=N–C) groups is 1. The van der Waals surface area contributed by atoms with Crippen LogP contribution in [0.3, 0.4) is 0 Å². The molecule has 154 valence electrons. The minimum atomic E-state index is -2.81. The van der Waals surface area contributed by atoms with Crippen molar-refractivity contribution >= 4 is 39.8 Å². The van der Waals surface area contributed by atoms with Crippen molar-refractivity contribution in [2.45, 2.75) is 52.0 Å². The molecule has 0 aliphatic carbocycles. The van der Waals surface area contributed by atoms with E-state index in [1.165, 1.54) is 38.8 Å². The second-order valence-electron chi connectivity index (χ2n) is 7.86. The zero-order valence-corrected chi connectivity index (χ0v) is 19.7. The van der Waals surface area contributed by atoms with Crippen molar-refractivity contribution in [1.29, 1.82) is 0 Å². The number of hydrogen-bond acceptors (Lipinski definition) is 4. The first-order valence-electron chi connectivity index (χ1n) is 9.80. The quantitative estimate of drug-likeness (QED) is 0.332. The third-order valence-electron chi connectivity index (χ3n) is 5.47. The van der Waals surface area contributed by atoms with Gasteiger partial charge in [-0.05, 0) is 44.2 Å². The zero-order chi connectivity index (χ0) is 18.3. The maximum absolute atomic E-state index is 11.6. The van der Waals surface area contributed by atoms with E-state index >= 15 is 0 Å². The summed E-state index contributed by atoms with van der Waals surface area (Å²) >= 11 is 0. The molecule has 2 aliphatic heterocycles. The fourth-order valence-electron chi connectivity index (χ4n) is 3.91. The molecule has 0 amide bonds. The Labute approximate surface area is 176 Å². The van der Waals surface area contributed by atoms with Gasteiger partial charge in [-0.3, -0.25) is 9.89 Å². The monoisotopic (exact) mass is 500 g/mol. The number of guanidine groups is 1. The Morgan fingerprint density at radius 3 is 2.31 bits per heavy atom. The molecule has 8 heteroatoms. The Morgan fingerprint density at radius 2 is 1.81 bits per heavy atom. The van der Waals surface area contributed by atoms with Gasteiger partial charge in [-0.1, -0.05) is 26.7 Å². The van der Waals surface area contributed by atoms with E-state index < -0.39 is 9.84 Å². The maximum atomic E-state index is 11.6. The number of likely N-dealkylation sites (tertiary alicyclic amines) is 1. The summed E-state index contributed by atoms with van der Waals surface area (Å²) in [4.78, 5) is 6.93. The van der Waals surface area contributed by atoms with Crippen molar-refractivity contribution < 1.29 is 8.42 Å². The van der Waals surface area contributed by atoms with Crippen LogP contribution in [0.4, 0.5) is 0 Å². The normalized spacial score (nSPS) is 25.4. The van der Waals surface area contributed by atoms with Gasteiger partial charge in [0.05, 0.1) is 11.5 Å². The lowest BCUT2D eigenvalue weighted by atomic mass is 10.0. The van der Waals surface area contributed by atoms with E-state index in [1.54, 1.807) is 7.05 Å². The molecular formula is C18H37IN4O2S. The van der Waals surface area contributed by atoms with Gasteiger partial charge < -0.3 is 10.6 Å². The van der Waals surface area contributed by atoms with E-state index in [1.807, 2.05) is 0 Å². The standard InChI is InChI=1S/C18H36N4O2S.HI/c1-15(2)17(22-9-6-4-5-7-10-22)13-21-18(19-3)20-12-16-8-11-25(23,24)14-16;/h15-17H,4-14H2,1-3H3,(H2,19,20,21);1H. The third-order valence-corrected chi connectivity index (χ3v) is 7.30. The largest absolute Gasteiger partial charge is 0.356 e. The molecule has 0 radical (unpaired) electrons. The number of nitrogens with one attached hydrogen (secondary N) is 2. The second kappa shape index (κ2) is 11.7. The van der Waals surface area contributed by atoms with Crippen LogP contribution in [0, 0.1) is 11.8 Å². The molecule has 0 bridgehead atoms. The summed E-state index contributed by atoms with van der Waals surface area (Å²) in [5.41, 5.74) is 0. The highest BCUT2D eigenvalue weighted by atomic mass is 127. The number of sulfone groups is 1. The van der Waals surface area contributed by atoms with Crippen LogP contribution >= 0.6 is 24.0 Å². The molecule has 0 aromatic rings. The van der Waals surface area contributed by atoms with E-state index in [2.05, 4.69) is 34.4 Å². The Bertz CT molecular complexity index is 531. The van der Waals surface area contributed by atoms with Crippen molar-refractivity contribution in [2.75, 3.05) is 44.7 Å². The highest BCUT2D eigenvalue weighted by Gasteiger charge is 2.28. The van der Waals surface area contributed by atoms with E-state index in [4.69, 9.17) is 0 Å². The molecule has 2 aliphatic rings. The molecule has 2 unspecified atom stereocenters. The SMILES string of the molecule is CN=C(NCC1CCS(=O)(=O)C1)NCC(C(C)C)N1CCCCCC1.I. The average Bonchev–Trinajstić information content (AvgIpc) is 2.76. The van der Waals surface area contributed by atoms with Gasteiger partial charge in [-0.2, -0.15) is 0 Å². The predicted octanol–water partition coefficient (Wildman–Crippen LogP) is 2.10. The van der Waals surface area contributed by atoms with Crippen LogP contribution in [0.5, 0.6) is 0 Å². The van der Waals surface area contributed by atoms with Crippen LogP contribution in [0.15, 0.2) is 4.99 Å². The Hall–Kier alpha value is -0.0900. The molecule has 0 saturated carbocycles. The molecule has 2 atom stereocenters. The third kappa shape index (κ3) is 7.88. The van der Waals surface area contributed by atoms with E-state index in [0.717, 1.165) is 18.9 Å². The summed E-state index contributed by atoms with van der Waals surface area (Å²) in [7, 11) is -1.04. The van der Waals surface area contributed by atoms with Crippen LogP contribution < -0.4 is 10.6 Å². The van der Waals surface area contributed by atoms with Gasteiger partial charge in [0.1, 0.15) is 0 Å². The number of rotatable bonds is 6. The summed E-state index contributed by atoms with van der Waals surface area (Å²) in [6, 6.07) is 0.503. The Kier molecular flexibility index (Phi) is 10.8. The summed E-state index contributed by atoms with van der Waals surface area (Å²) in [6.45, 7) is 8.51. The van der Waals surface area contributed by atoms with E-state index in [0.29, 0.717) is 30.0 Å². The lowest BCUT2D eigenvalue weighted by Crippen LogP contribution is -2.50. The second-order valence-corrected chi connectivity index (χ2v) is 10.1. The molecule has 26 heavy (non-hydrogen) atoms. The highest BCUT2D eigenvalue weighted by Crippen LogP contribution is 2.18. The first kappa shape index (κ1) is 23.9. The van der Waals surface area contributed by atoms with Crippen molar-refractivity contribution in [3.8, 4) is 0 Å². The molecule has 0 spiro atoms. The molecule has 2 N–H and O–H groups in total. The van der Waals surface area contributed by atoms with Crippen molar-refractivity contribution in [1.82, 2.24) is 15.5 Å². The fraction of sp³-hybridized carbons (Fsp3) is 0.944. The lowest BCUT2D eigenvalue weighted by Gasteiger charge is -2.34. The average molecular weight is 500 g/mol. The minimum Gasteiger partial charge on any atom is -0.356 e. The predicted molar refractivity (Wildman–Crippen MR) is 120 cm³/mol. The molecule has 0 aromatic heterocycles. The topological polar surface area (TPSA) is 73.8 Å². The Morgan fingerprint density at radius 1 is 1.15 bits per heavy atom. The highest BCUT2D eigenvalue weighted by molar-refractivity contribution is 14.0. The van der Waals surface area contributed by atoms with Crippen LogP contribution in [-0.4, -0.2) is 70.1 Å². The van der Waals surface area contributed by atoms with Crippen LogP contribution in [0.25, 0.3) is 0 Å². The van der Waals surface area contributed by atoms with Gasteiger partial charge in [0.2, 0.25) is 0 Å². The number of nitrogens with zero attached hydrogens (tertiary/aromatic N) is 2. The zero-order valence-electron chi connectivity index (χ0n) is 16.5. The van der Waals surface area contributed by atoms with Crippen LogP contribution in [0.2, 0.25) is 0 Å². The molecule has 6 nitrogen and oxygen atoms in total. The summed E-state index contributed by atoms with van der Waals surface area (Å²) < 4.78 is 23.1. The first-order chi connectivity index (χ1) is 11.9. The maximum Gasteiger partial charge on any atom is 0.191 e. The summed E-state index contributed by atoms with van der Waals surface area (Å²) in [5.74, 6) is 2.21. The molecular weight excluding hydrogens is 463 g/mol. The number of halogens is 1. The number of hydrogen-bond donors (Lipinski definition) is 2. The van der Waals surface area contributed by atoms with Crippen molar-refractivity contribution in [3.05, 3.63) is 0 Å². The van der Waals surface area contributed by atoms with Gasteiger partial charge in [0.15, 0.2) is 15.8 Å². The van der Waals surface area contributed by atoms with Crippen molar-refractivity contribution in [2.24, 2.45) is 16.8 Å². The summed E-state index contributed by atoms with van der Waals surface area (Å²) in [6.07, 6.45) is 6.05.